The summed E-state index contributed by atoms with van der Waals surface area (Å²) in [6.07, 6.45) is -0.816. The standard InChI is InChI=1S/C9H5ClO5/c10-5-1-4(3-11)2-6-7(5)15-9(14-6)8(12)13/h1-3,9H,(H,12,13). The number of fused-ring (bicyclic) bond motifs is 1. The second kappa shape index (κ2) is 3.43. The molecule has 6 heteroatoms. The zero-order chi connectivity index (χ0) is 11.0. The molecule has 1 aromatic rings. The molecule has 1 aliphatic rings. The quantitative estimate of drug-likeness (QED) is 0.773. The molecular weight excluding hydrogens is 224 g/mol. The van der Waals surface area contributed by atoms with E-state index >= 15 is 0 Å². The lowest BCUT2D eigenvalue weighted by atomic mass is 10.2. The number of carboxylic acids is 1. The van der Waals surface area contributed by atoms with Crippen molar-refractivity contribution < 1.29 is 24.2 Å². The molecule has 1 unspecified atom stereocenters. The molecule has 0 fully saturated rings. The molecule has 0 saturated carbocycles. The molecule has 0 aromatic heterocycles. The van der Waals surface area contributed by atoms with Gasteiger partial charge in [0, 0.05) is 5.56 Å². The number of aliphatic carboxylic acids is 1. The molecule has 1 atom stereocenters. The second-order valence-corrected chi connectivity index (χ2v) is 3.26. The van der Waals surface area contributed by atoms with Crippen LogP contribution in [0, 0.1) is 0 Å². The normalized spacial score (nSPS) is 17.5. The van der Waals surface area contributed by atoms with Gasteiger partial charge in [0.2, 0.25) is 0 Å². The summed E-state index contributed by atoms with van der Waals surface area (Å²) >= 11 is 5.77. The van der Waals surface area contributed by atoms with Gasteiger partial charge in [-0.25, -0.2) is 4.79 Å². The number of hydrogen-bond acceptors (Lipinski definition) is 4. The molecule has 0 saturated heterocycles. The maximum atomic E-state index is 10.6. The Morgan fingerprint density at radius 2 is 2.20 bits per heavy atom. The molecule has 1 aliphatic heterocycles. The van der Waals surface area contributed by atoms with Crippen molar-refractivity contribution >= 4 is 23.9 Å². The van der Waals surface area contributed by atoms with Crippen LogP contribution < -0.4 is 9.47 Å². The Bertz CT molecular complexity index is 442. The topological polar surface area (TPSA) is 72.8 Å². The van der Waals surface area contributed by atoms with E-state index in [1.807, 2.05) is 0 Å². The summed E-state index contributed by atoms with van der Waals surface area (Å²) in [7, 11) is 0. The lowest BCUT2D eigenvalue weighted by molar-refractivity contribution is -0.154. The molecular formula is C9H5ClO5. The molecule has 1 N–H and O–H groups in total. The molecule has 0 amide bonds. The summed E-state index contributed by atoms with van der Waals surface area (Å²) in [5.74, 6) is -0.943. The van der Waals surface area contributed by atoms with E-state index < -0.39 is 12.3 Å². The van der Waals surface area contributed by atoms with Crippen LogP contribution >= 0.6 is 11.6 Å². The van der Waals surface area contributed by atoms with E-state index in [9.17, 15) is 9.59 Å². The number of halogens is 1. The minimum absolute atomic E-state index is 0.148. The van der Waals surface area contributed by atoms with E-state index in [0.29, 0.717) is 11.8 Å². The van der Waals surface area contributed by atoms with E-state index in [2.05, 4.69) is 0 Å². The third-order valence-corrected chi connectivity index (χ3v) is 2.11. The predicted octanol–water partition coefficient (Wildman–Crippen LogP) is 1.33. The SMILES string of the molecule is O=Cc1cc(Cl)c2c(c1)OC(C(=O)O)O2. The largest absolute Gasteiger partial charge is 0.476 e. The Labute approximate surface area is 89.2 Å². The summed E-state index contributed by atoms with van der Waals surface area (Å²) in [6, 6.07) is 2.75. The maximum Gasteiger partial charge on any atom is 0.387 e. The van der Waals surface area contributed by atoms with Crippen molar-refractivity contribution in [3.05, 3.63) is 22.7 Å². The molecule has 0 spiro atoms. The molecule has 1 aromatic carbocycles. The van der Waals surface area contributed by atoms with E-state index in [1.54, 1.807) is 0 Å². The summed E-state index contributed by atoms with van der Waals surface area (Å²) in [5, 5.41) is 8.79. The van der Waals surface area contributed by atoms with Crippen LogP contribution in [0.5, 0.6) is 11.5 Å². The number of rotatable bonds is 2. The summed E-state index contributed by atoms with van der Waals surface area (Å²) in [6.45, 7) is 0. The number of aldehydes is 1. The first kappa shape index (κ1) is 9.79. The van der Waals surface area contributed by atoms with Crippen LogP contribution in [0.15, 0.2) is 12.1 Å². The molecule has 2 rings (SSSR count). The van der Waals surface area contributed by atoms with Crippen molar-refractivity contribution in [1.82, 2.24) is 0 Å². The fourth-order valence-corrected chi connectivity index (χ4v) is 1.47. The first-order chi connectivity index (χ1) is 7.11. The minimum atomic E-state index is -1.40. The molecule has 0 radical (unpaired) electrons. The number of ether oxygens (including phenoxy) is 2. The van der Waals surface area contributed by atoms with Gasteiger partial charge in [-0.2, -0.15) is 0 Å². The van der Waals surface area contributed by atoms with Crippen LogP contribution in [0.4, 0.5) is 0 Å². The van der Waals surface area contributed by atoms with Gasteiger partial charge in [0.1, 0.15) is 6.29 Å². The van der Waals surface area contributed by atoms with Crippen LogP contribution in [-0.4, -0.2) is 23.7 Å². The van der Waals surface area contributed by atoms with Crippen LogP contribution in [-0.2, 0) is 4.79 Å². The Balaban J connectivity index is 2.41. The highest BCUT2D eigenvalue weighted by Crippen LogP contribution is 2.41. The van der Waals surface area contributed by atoms with Crippen molar-refractivity contribution in [2.24, 2.45) is 0 Å². The van der Waals surface area contributed by atoms with E-state index in [1.165, 1.54) is 12.1 Å². The van der Waals surface area contributed by atoms with Crippen molar-refractivity contribution in [3.63, 3.8) is 0 Å². The molecule has 0 bridgehead atoms. The van der Waals surface area contributed by atoms with Crippen molar-refractivity contribution in [1.29, 1.82) is 0 Å². The molecule has 0 aliphatic carbocycles. The number of carbonyl (C=O) groups is 2. The van der Waals surface area contributed by atoms with Crippen molar-refractivity contribution in [3.8, 4) is 11.5 Å². The van der Waals surface area contributed by atoms with Gasteiger partial charge in [-0.05, 0) is 12.1 Å². The van der Waals surface area contributed by atoms with Crippen LogP contribution in [0.3, 0.4) is 0 Å². The average molecular weight is 229 g/mol. The van der Waals surface area contributed by atoms with Gasteiger partial charge in [-0.1, -0.05) is 11.6 Å². The van der Waals surface area contributed by atoms with Gasteiger partial charge in [-0.15, -0.1) is 0 Å². The number of benzene rings is 1. The van der Waals surface area contributed by atoms with Gasteiger partial charge in [0.15, 0.2) is 11.5 Å². The van der Waals surface area contributed by atoms with Crippen molar-refractivity contribution in [2.75, 3.05) is 0 Å². The van der Waals surface area contributed by atoms with Crippen LogP contribution in [0.25, 0.3) is 0 Å². The Kier molecular flexibility index (Phi) is 2.24. The highest BCUT2D eigenvalue weighted by atomic mass is 35.5. The van der Waals surface area contributed by atoms with Gasteiger partial charge in [0.05, 0.1) is 5.02 Å². The molecule has 78 valence electrons. The molecule has 5 nitrogen and oxygen atoms in total. The number of carbonyl (C=O) groups excluding carboxylic acids is 1. The Morgan fingerprint density at radius 3 is 2.80 bits per heavy atom. The van der Waals surface area contributed by atoms with Gasteiger partial charge >= 0.3 is 12.3 Å². The second-order valence-electron chi connectivity index (χ2n) is 2.85. The Morgan fingerprint density at radius 1 is 1.47 bits per heavy atom. The third kappa shape index (κ3) is 1.61. The zero-order valence-corrected chi connectivity index (χ0v) is 8.02. The first-order valence-corrected chi connectivity index (χ1v) is 4.34. The summed E-state index contributed by atoms with van der Waals surface area (Å²) in [4.78, 5) is 21.1. The fourth-order valence-electron chi connectivity index (χ4n) is 1.21. The minimum Gasteiger partial charge on any atom is -0.476 e. The highest BCUT2D eigenvalue weighted by molar-refractivity contribution is 6.32. The lowest BCUT2D eigenvalue weighted by Crippen LogP contribution is -2.28. The van der Waals surface area contributed by atoms with E-state index in [4.69, 9.17) is 26.2 Å². The monoisotopic (exact) mass is 228 g/mol. The zero-order valence-electron chi connectivity index (χ0n) is 7.27. The summed E-state index contributed by atoms with van der Waals surface area (Å²) < 4.78 is 9.86. The van der Waals surface area contributed by atoms with Gasteiger partial charge < -0.3 is 14.6 Å². The Hall–Kier alpha value is -1.75. The van der Waals surface area contributed by atoms with Crippen LogP contribution in [0.1, 0.15) is 10.4 Å². The molecule has 1 heterocycles. The fraction of sp³-hybridized carbons (Fsp3) is 0.111. The first-order valence-electron chi connectivity index (χ1n) is 3.96. The number of carboxylic acid groups (broad SMARTS) is 1. The average Bonchev–Trinajstić information content (AvgIpc) is 2.61. The van der Waals surface area contributed by atoms with Crippen LogP contribution in [0.2, 0.25) is 5.02 Å². The van der Waals surface area contributed by atoms with Crippen molar-refractivity contribution in [2.45, 2.75) is 6.29 Å². The maximum absolute atomic E-state index is 10.6. The van der Waals surface area contributed by atoms with Gasteiger partial charge in [-0.3, -0.25) is 4.79 Å². The lowest BCUT2D eigenvalue weighted by Gasteiger charge is -2.02. The predicted molar refractivity (Wildman–Crippen MR) is 49.5 cm³/mol. The number of hydrogen-bond donors (Lipinski definition) is 1. The third-order valence-electron chi connectivity index (χ3n) is 1.83. The van der Waals surface area contributed by atoms with E-state index in [0.717, 1.165) is 0 Å². The molecule has 15 heavy (non-hydrogen) atoms. The smallest absolute Gasteiger partial charge is 0.387 e. The van der Waals surface area contributed by atoms with E-state index in [-0.39, 0.29) is 16.5 Å². The highest BCUT2D eigenvalue weighted by Gasteiger charge is 2.32. The summed E-state index contributed by atoms with van der Waals surface area (Å²) in [5.41, 5.74) is 0.299. The van der Waals surface area contributed by atoms with Gasteiger partial charge in [0.25, 0.3) is 0 Å².